The van der Waals surface area contributed by atoms with Gasteiger partial charge in [-0.25, -0.2) is 9.59 Å². The van der Waals surface area contributed by atoms with E-state index in [1.807, 2.05) is 11.8 Å². The highest BCUT2D eigenvalue weighted by Crippen LogP contribution is 2.27. The Morgan fingerprint density at radius 2 is 1.90 bits per heavy atom. The molecular formula is C15H26N2O3. The van der Waals surface area contributed by atoms with Crippen molar-refractivity contribution in [2.24, 2.45) is 11.8 Å². The molecule has 5 heteroatoms. The predicted molar refractivity (Wildman–Crippen MR) is 76.5 cm³/mol. The SMILES string of the molecule is CCC1CCCN(C(=O)N2CCC(C)C2C(=O)O)CC1. The molecule has 0 bridgehead atoms. The summed E-state index contributed by atoms with van der Waals surface area (Å²) >= 11 is 0. The molecule has 0 radical (unpaired) electrons. The number of hydrogen-bond donors (Lipinski definition) is 1. The van der Waals surface area contributed by atoms with Gasteiger partial charge in [-0.15, -0.1) is 0 Å². The number of carboxylic acids is 1. The van der Waals surface area contributed by atoms with Crippen molar-refractivity contribution in [3.05, 3.63) is 0 Å². The number of likely N-dealkylation sites (tertiary alicyclic amines) is 2. The van der Waals surface area contributed by atoms with Gasteiger partial charge in [-0.05, 0) is 37.5 Å². The third-order valence-corrected chi connectivity index (χ3v) is 4.89. The smallest absolute Gasteiger partial charge is 0.326 e. The lowest BCUT2D eigenvalue weighted by Gasteiger charge is -2.30. The molecule has 5 nitrogen and oxygen atoms in total. The van der Waals surface area contributed by atoms with E-state index >= 15 is 0 Å². The van der Waals surface area contributed by atoms with Crippen LogP contribution in [0, 0.1) is 11.8 Å². The molecule has 2 rings (SSSR count). The maximum Gasteiger partial charge on any atom is 0.326 e. The monoisotopic (exact) mass is 282 g/mol. The fourth-order valence-electron chi connectivity index (χ4n) is 3.48. The second-order valence-corrected chi connectivity index (χ2v) is 6.22. The van der Waals surface area contributed by atoms with Crippen LogP contribution in [0.15, 0.2) is 0 Å². The number of carboxylic acid groups (broad SMARTS) is 1. The van der Waals surface area contributed by atoms with Crippen LogP contribution >= 0.6 is 0 Å². The van der Waals surface area contributed by atoms with Gasteiger partial charge in [0.1, 0.15) is 6.04 Å². The Bertz CT molecular complexity index is 372. The van der Waals surface area contributed by atoms with Crippen LogP contribution in [-0.4, -0.2) is 52.6 Å². The summed E-state index contributed by atoms with van der Waals surface area (Å²) in [6.07, 6.45) is 5.21. The van der Waals surface area contributed by atoms with Gasteiger partial charge in [0.15, 0.2) is 0 Å². The first-order valence-electron chi connectivity index (χ1n) is 7.83. The molecule has 114 valence electrons. The lowest BCUT2D eigenvalue weighted by Crippen LogP contribution is -2.49. The topological polar surface area (TPSA) is 60.9 Å². The van der Waals surface area contributed by atoms with E-state index in [2.05, 4.69) is 6.92 Å². The van der Waals surface area contributed by atoms with Gasteiger partial charge in [0.05, 0.1) is 0 Å². The molecule has 2 amide bonds. The summed E-state index contributed by atoms with van der Waals surface area (Å²) in [5.74, 6) is -0.114. The Labute approximate surface area is 120 Å². The van der Waals surface area contributed by atoms with Crippen LogP contribution in [0.4, 0.5) is 4.79 Å². The van der Waals surface area contributed by atoms with Crippen LogP contribution in [0.2, 0.25) is 0 Å². The van der Waals surface area contributed by atoms with E-state index in [0.717, 1.165) is 32.4 Å². The van der Waals surface area contributed by atoms with E-state index in [0.29, 0.717) is 12.5 Å². The van der Waals surface area contributed by atoms with Gasteiger partial charge >= 0.3 is 12.0 Å². The average molecular weight is 282 g/mol. The molecule has 2 aliphatic rings. The van der Waals surface area contributed by atoms with E-state index < -0.39 is 12.0 Å². The van der Waals surface area contributed by atoms with Gasteiger partial charge in [-0.3, -0.25) is 0 Å². The van der Waals surface area contributed by atoms with Gasteiger partial charge in [0.25, 0.3) is 0 Å². The van der Waals surface area contributed by atoms with Gasteiger partial charge in [0, 0.05) is 19.6 Å². The second-order valence-electron chi connectivity index (χ2n) is 6.22. The minimum Gasteiger partial charge on any atom is -0.480 e. The number of amides is 2. The standard InChI is InChI=1S/C15H26N2O3/c1-3-12-5-4-8-16(9-7-12)15(20)17-10-6-11(2)13(17)14(18)19/h11-13H,3-10H2,1-2H3,(H,18,19). The minimum atomic E-state index is -0.871. The van der Waals surface area contributed by atoms with Crippen LogP contribution in [0.1, 0.15) is 46.0 Å². The van der Waals surface area contributed by atoms with Gasteiger partial charge in [0.2, 0.25) is 0 Å². The summed E-state index contributed by atoms with van der Waals surface area (Å²) < 4.78 is 0. The lowest BCUT2D eigenvalue weighted by molar-refractivity contribution is -0.142. The number of carbonyl (C=O) groups is 2. The third kappa shape index (κ3) is 3.07. The average Bonchev–Trinajstić information content (AvgIpc) is 2.66. The van der Waals surface area contributed by atoms with Gasteiger partial charge in [-0.2, -0.15) is 0 Å². The second kappa shape index (κ2) is 6.46. The molecular weight excluding hydrogens is 256 g/mol. The summed E-state index contributed by atoms with van der Waals surface area (Å²) in [6, 6.07) is -0.716. The first kappa shape index (κ1) is 15.1. The van der Waals surface area contributed by atoms with Gasteiger partial charge < -0.3 is 14.9 Å². The molecule has 0 aromatic carbocycles. The lowest BCUT2D eigenvalue weighted by atomic mass is 9.98. The van der Waals surface area contributed by atoms with Crippen LogP contribution in [-0.2, 0) is 4.79 Å². The first-order chi connectivity index (χ1) is 9.54. The first-order valence-corrected chi connectivity index (χ1v) is 7.83. The molecule has 0 saturated carbocycles. The van der Waals surface area contributed by atoms with Crippen LogP contribution < -0.4 is 0 Å². The summed E-state index contributed by atoms with van der Waals surface area (Å²) in [7, 11) is 0. The van der Waals surface area contributed by atoms with E-state index in [9.17, 15) is 14.7 Å². The zero-order chi connectivity index (χ0) is 14.7. The Kier molecular flexibility index (Phi) is 4.89. The highest BCUT2D eigenvalue weighted by molar-refractivity contribution is 5.83. The molecule has 2 heterocycles. The highest BCUT2D eigenvalue weighted by Gasteiger charge is 2.41. The maximum atomic E-state index is 12.6. The van der Waals surface area contributed by atoms with Crippen molar-refractivity contribution in [1.82, 2.24) is 9.80 Å². The molecule has 0 aromatic rings. The number of hydrogen-bond acceptors (Lipinski definition) is 2. The minimum absolute atomic E-state index is 0.0480. The molecule has 2 saturated heterocycles. The largest absolute Gasteiger partial charge is 0.480 e. The molecule has 3 unspecified atom stereocenters. The molecule has 0 spiro atoms. The summed E-state index contributed by atoms with van der Waals surface area (Å²) in [5, 5.41) is 9.32. The predicted octanol–water partition coefficient (Wildman–Crippen LogP) is 2.41. The normalized spacial score (nSPS) is 31.2. The number of rotatable bonds is 2. The third-order valence-electron chi connectivity index (χ3n) is 4.89. The fraction of sp³-hybridized carbons (Fsp3) is 0.867. The van der Waals surface area contributed by atoms with E-state index in [4.69, 9.17) is 0 Å². The van der Waals surface area contributed by atoms with E-state index in [-0.39, 0.29) is 11.9 Å². The molecule has 2 fully saturated rings. The van der Waals surface area contributed by atoms with Crippen molar-refractivity contribution in [2.75, 3.05) is 19.6 Å². The fourth-order valence-corrected chi connectivity index (χ4v) is 3.48. The number of urea groups is 1. The van der Waals surface area contributed by atoms with E-state index in [1.54, 1.807) is 4.90 Å². The number of carbonyl (C=O) groups excluding carboxylic acids is 1. The van der Waals surface area contributed by atoms with Crippen molar-refractivity contribution >= 4 is 12.0 Å². The summed E-state index contributed by atoms with van der Waals surface area (Å²) in [6.45, 7) is 6.23. The molecule has 20 heavy (non-hydrogen) atoms. The highest BCUT2D eigenvalue weighted by atomic mass is 16.4. The van der Waals surface area contributed by atoms with Crippen LogP contribution in [0.25, 0.3) is 0 Å². The quantitative estimate of drug-likeness (QED) is 0.846. The van der Waals surface area contributed by atoms with Crippen molar-refractivity contribution in [1.29, 1.82) is 0 Å². The molecule has 0 aromatic heterocycles. The number of aliphatic carboxylic acids is 1. The van der Waals surface area contributed by atoms with Crippen LogP contribution in [0.3, 0.4) is 0 Å². The molecule has 3 atom stereocenters. The Morgan fingerprint density at radius 3 is 2.55 bits per heavy atom. The molecule has 2 aliphatic heterocycles. The van der Waals surface area contributed by atoms with Crippen molar-refractivity contribution in [3.63, 3.8) is 0 Å². The van der Waals surface area contributed by atoms with Crippen LogP contribution in [0.5, 0.6) is 0 Å². The summed E-state index contributed by atoms with van der Waals surface area (Å²) in [4.78, 5) is 27.4. The Balaban J connectivity index is 2.01. The number of nitrogens with zero attached hydrogens (tertiary/aromatic N) is 2. The molecule has 0 aliphatic carbocycles. The van der Waals surface area contributed by atoms with Gasteiger partial charge in [-0.1, -0.05) is 20.3 Å². The van der Waals surface area contributed by atoms with Crippen molar-refractivity contribution in [2.45, 2.75) is 52.0 Å². The zero-order valence-electron chi connectivity index (χ0n) is 12.5. The Morgan fingerprint density at radius 1 is 1.15 bits per heavy atom. The van der Waals surface area contributed by atoms with E-state index in [1.165, 1.54) is 12.8 Å². The maximum absolute atomic E-state index is 12.6. The molecule has 1 N–H and O–H groups in total. The zero-order valence-corrected chi connectivity index (χ0v) is 12.5. The van der Waals surface area contributed by atoms with Crippen molar-refractivity contribution in [3.8, 4) is 0 Å². The van der Waals surface area contributed by atoms with Crippen molar-refractivity contribution < 1.29 is 14.7 Å². The summed E-state index contributed by atoms with van der Waals surface area (Å²) in [5.41, 5.74) is 0. The Hall–Kier alpha value is -1.26.